The van der Waals surface area contributed by atoms with Crippen molar-refractivity contribution in [3.8, 4) is 11.3 Å². The van der Waals surface area contributed by atoms with Crippen LogP contribution in [0, 0.1) is 26.6 Å². The lowest BCUT2D eigenvalue weighted by atomic mass is 10.0. The molecule has 0 saturated heterocycles. The first-order valence-electron chi connectivity index (χ1n) is 5.33. The van der Waals surface area contributed by atoms with E-state index < -0.39 is 0 Å². The summed E-state index contributed by atoms with van der Waals surface area (Å²) in [7, 11) is 0. The number of nitrogens with one attached hydrogen (secondary N) is 1. The van der Waals surface area contributed by atoms with E-state index in [9.17, 15) is 9.18 Å². The third-order valence-corrected chi connectivity index (χ3v) is 2.97. The molecular formula is C13H13FN2O. The van der Waals surface area contributed by atoms with Crippen LogP contribution in [0.15, 0.2) is 23.0 Å². The van der Waals surface area contributed by atoms with Crippen molar-refractivity contribution in [1.29, 1.82) is 0 Å². The molecule has 0 aliphatic heterocycles. The summed E-state index contributed by atoms with van der Waals surface area (Å²) >= 11 is 0. The average molecular weight is 232 g/mol. The molecule has 0 aliphatic rings. The SMILES string of the molecule is Cc1ccc(-c2n[nH]c(=O)c(C)c2C)cc1F. The quantitative estimate of drug-likeness (QED) is 0.821. The van der Waals surface area contributed by atoms with E-state index in [0.717, 1.165) is 5.56 Å². The van der Waals surface area contributed by atoms with E-state index >= 15 is 0 Å². The van der Waals surface area contributed by atoms with Crippen LogP contribution in [0.25, 0.3) is 11.3 Å². The van der Waals surface area contributed by atoms with Crippen molar-refractivity contribution in [3.63, 3.8) is 0 Å². The molecule has 0 aliphatic carbocycles. The molecule has 0 spiro atoms. The molecule has 0 bridgehead atoms. The highest BCUT2D eigenvalue weighted by Crippen LogP contribution is 2.22. The van der Waals surface area contributed by atoms with Crippen molar-refractivity contribution in [2.24, 2.45) is 0 Å². The number of benzene rings is 1. The maximum Gasteiger partial charge on any atom is 0.267 e. The normalized spacial score (nSPS) is 10.6. The molecule has 1 heterocycles. The minimum absolute atomic E-state index is 0.209. The second-order valence-electron chi connectivity index (χ2n) is 4.12. The van der Waals surface area contributed by atoms with Gasteiger partial charge in [-0.05, 0) is 38.0 Å². The fourth-order valence-electron chi connectivity index (χ4n) is 1.64. The van der Waals surface area contributed by atoms with Crippen LogP contribution in [-0.2, 0) is 0 Å². The molecule has 0 fully saturated rings. The van der Waals surface area contributed by atoms with E-state index in [1.807, 2.05) is 6.92 Å². The molecule has 0 radical (unpaired) electrons. The molecule has 0 atom stereocenters. The number of nitrogens with zero attached hydrogens (tertiary/aromatic N) is 1. The Morgan fingerprint density at radius 3 is 2.53 bits per heavy atom. The molecule has 2 aromatic rings. The van der Waals surface area contributed by atoms with Crippen molar-refractivity contribution < 1.29 is 4.39 Å². The number of aromatic nitrogens is 2. The second kappa shape index (κ2) is 4.13. The minimum Gasteiger partial charge on any atom is -0.268 e. The Bertz CT molecular complexity index is 632. The van der Waals surface area contributed by atoms with E-state index in [2.05, 4.69) is 10.2 Å². The van der Waals surface area contributed by atoms with Crippen molar-refractivity contribution in [3.05, 3.63) is 51.1 Å². The predicted molar refractivity (Wildman–Crippen MR) is 64.5 cm³/mol. The molecule has 1 N–H and O–H groups in total. The number of H-pyrrole nitrogens is 1. The molecule has 0 unspecified atom stereocenters. The summed E-state index contributed by atoms with van der Waals surface area (Å²) in [6, 6.07) is 4.93. The van der Waals surface area contributed by atoms with Crippen LogP contribution in [0.4, 0.5) is 4.39 Å². The fraction of sp³-hybridized carbons (Fsp3) is 0.231. The van der Waals surface area contributed by atoms with Crippen LogP contribution < -0.4 is 5.56 Å². The lowest BCUT2D eigenvalue weighted by Crippen LogP contribution is -2.14. The van der Waals surface area contributed by atoms with Gasteiger partial charge in [-0.1, -0.05) is 12.1 Å². The van der Waals surface area contributed by atoms with Gasteiger partial charge in [0.05, 0.1) is 5.69 Å². The lowest BCUT2D eigenvalue weighted by Gasteiger charge is -2.07. The van der Waals surface area contributed by atoms with E-state index in [0.29, 0.717) is 22.4 Å². The Balaban J connectivity index is 2.65. The summed E-state index contributed by atoms with van der Waals surface area (Å²) in [5.41, 5.74) is 3.05. The number of hydrogen-bond donors (Lipinski definition) is 1. The van der Waals surface area contributed by atoms with Gasteiger partial charge in [0.25, 0.3) is 5.56 Å². The van der Waals surface area contributed by atoms with Crippen LogP contribution in [0.2, 0.25) is 0 Å². The summed E-state index contributed by atoms with van der Waals surface area (Å²) in [4.78, 5) is 11.4. The molecule has 3 nitrogen and oxygen atoms in total. The van der Waals surface area contributed by atoms with Gasteiger partial charge in [-0.15, -0.1) is 0 Å². The number of hydrogen-bond acceptors (Lipinski definition) is 2. The standard InChI is InChI=1S/C13H13FN2O/c1-7-4-5-10(6-11(7)14)12-8(2)9(3)13(17)16-15-12/h4-6H,1-3H3,(H,16,17). The summed E-state index contributed by atoms with van der Waals surface area (Å²) in [6.45, 7) is 5.24. The van der Waals surface area contributed by atoms with Gasteiger partial charge in [0, 0.05) is 11.1 Å². The van der Waals surface area contributed by atoms with Crippen LogP contribution in [0.5, 0.6) is 0 Å². The van der Waals surface area contributed by atoms with E-state index in [4.69, 9.17) is 0 Å². The van der Waals surface area contributed by atoms with E-state index in [1.54, 1.807) is 26.0 Å². The first kappa shape index (κ1) is 11.5. The Morgan fingerprint density at radius 1 is 1.18 bits per heavy atom. The highest BCUT2D eigenvalue weighted by Gasteiger charge is 2.10. The summed E-state index contributed by atoms with van der Waals surface area (Å²) in [5.74, 6) is -0.271. The Kier molecular flexibility index (Phi) is 2.79. The van der Waals surface area contributed by atoms with Crippen LogP contribution in [-0.4, -0.2) is 10.2 Å². The van der Waals surface area contributed by atoms with Gasteiger partial charge in [0.15, 0.2) is 0 Å². The fourth-order valence-corrected chi connectivity index (χ4v) is 1.64. The average Bonchev–Trinajstić information content (AvgIpc) is 2.30. The van der Waals surface area contributed by atoms with Gasteiger partial charge in [-0.2, -0.15) is 5.10 Å². The summed E-state index contributed by atoms with van der Waals surface area (Å²) < 4.78 is 13.5. The monoisotopic (exact) mass is 232 g/mol. The molecule has 1 aromatic heterocycles. The number of halogens is 1. The molecule has 1 aromatic carbocycles. The van der Waals surface area contributed by atoms with E-state index in [-0.39, 0.29) is 11.4 Å². The van der Waals surface area contributed by atoms with Crippen LogP contribution in [0.3, 0.4) is 0 Å². The molecule has 0 amide bonds. The molecule has 17 heavy (non-hydrogen) atoms. The molecule has 4 heteroatoms. The van der Waals surface area contributed by atoms with Crippen molar-refractivity contribution >= 4 is 0 Å². The smallest absolute Gasteiger partial charge is 0.267 e. The minimum atomic E-state index is -0.271. The first-order chi connectivity index (χ1) is 8.00. The van der Waals surface area contributed by atoms with Gasteiger partial charge < -0.3 is 0 Å². The van der Waals surface area contributed by atoms with Gasteiger partial charge in [-0.25, -0.2) is 9.49 Å². The van der Waals surface area contributed by atoms with Gasteiger partial charge in [0.1, 0.15) is 5.82 Å². The Hall–Kier alpha value is -1.97. The zero-order valence-electron chi connectivity index (χ0n) is 9.97. The first-order valence-corrected chi connectivity index (χ1v) is 5.33. The molecule has 88 valence electrons. The van der Waals surface area contributed by atoms with Gasteiger partial charge in [0.2, 0.25) is 0 Å². The van der Waals surface area contributed by atoms with Crippen LogP contribution >= 0.6 is 0 Å². The Morgan fingerprint density at radius 2 is 1.88 bits per heavy atom. The zero-order valence-corrected chi connectivity index (χ0v) is 9.97. The maximum absolute atomic E-state index is 13.5. The molecule has 2 rings (SSSR count). The van der Waals surface area contributed by atoms with Crippen molar-refractivity contribution in [2.75, 3.05) is 0 Å². The van der Waals surface area contributed by atoms with E-state index in [1.165, 1.54) is 6.07 Å². The lowest BCUT2D eigenvalue weighted by molar-refractivity contribution is 0.619. The zero-order chi connectivity index (χ0) is 12.6. The third kappa shape index (κ3) is 1.98. The van der Waals surface area contributed by atoms with Gasteiger partial charge >= 0.3 is 0 Å². The predicted octanol–water partition coefficient (Wildman–Crippen LogP) is 2.50. The van der Waals surface area contributed by atoms with Crippen LogP contribution in [0.1, 0.15) is 16.7 Å². The largest absolute Gasteiger partial charge is 0.268 e. The maximum atomic E-state index is 13.5. The number of aryl methyl sites for hydroxylation is 1. The number of rotatable bonds is 1. The molecule has 0 saturated carbocycles. The number of aromatic amines is 1. The van der Waals surface area contributed by atoms with Crippen molar-refractivity contribution in [1.82, 2.24) is 10.2 Å². The summed E-state index contributed by atoms with van der Waals surface area (Å²) in [5, 5.41) is 6.39. The Labute approximate surface area is 98.3 Å². The highest BCUT2D eigenvalue weighted by atomic mass is 19.1. The van der Waals surface area contributed by atoms with Crippen molar-refractivity contribution in [2.45, 2.75) is 20.8 Å². The second-order valence-corrected chi connectivity index (χ2v) is 4.12. The topological polar surface area (TPSA) is 45.8 Å². The summed E-state index contributed by atoms with van der Waals surface area (Å²) in [6.07, 6.45) is 0. The highest BCUT2D eigenvalue weighted by molar-refractivity contribution is 5.63. The van der Waals surface area contributed by atoms with Gasteiger partial charge in [-0.3, -0.25) is 4.79 Å². The third-order valence-electron chi connectivity index (χ3n) is 2.97. The molecular weight excluding hydrogens is 219 g/mol.